The first-order valence-corrected chi connectivity index (χ1v) is 12.1. The van der Waals surface area contributed by atoms with Crippen LogP contribution >= 0.6 is 0 Å². The van der Waals surface area contributed by atoms with E-state index in [1.165, 1.54) is 0 Å². The maximum atomic E-state index is 13.1. The molecule has 0 spiro atoms. The smallest absolute Gasteiger partial charge is 0.379 e. The zero-order chi connectivity index (χ0) is 27.0. The number of carbonyl (C=O) groups is 1. The predicted molar refractivity (Wildman–Crippen MR) is 143 cm³/mol. The van der Waals surface area contributed by atoms with Crippen LogP contribution in [0.5, 0.6) is 17.2 Å². The lowest BCUT2D eigenvalue weighted by Crippen LogP contribution is -2.21. The van der Waals surface area contributed by atoms with E-state index in [2.05, 4.69) is 12.6 Å². The SMILES string of the molecule is C=CCOc1ccc(C2C(C#N)=C(N)Oc3cc(OC(=O)c4oc5cc(C)cc(C)c5c4C)ccc32)cc1. The fourth-order valence-electron chi connectivity index (χ4n) is 4.89. The number of allylic oxidation sites excluding steroid dienone is 1. The van der Waals surface area contributed by atoms with Crippen molar-refractivity contribution in [1.82, 2.24) is 0 Å². The van der Waals surface area contributed by atoms with Gasteiger partial charge in [-0.2, -0.15) is 5.26 Å². The van der Waals surface area contributed by atoms with Crippen molar-refractivity contribution in [2.45, 2.75) is 26.7 Å². The van der Waals surface area contributed by atoms with Crippen molar-refractivity contribution in [3.63, 3.8) is 0 Å². The molecule has 0 amide bonds. The monoisotopic (exact) mass is 506 g/mol. The first-order chi connectivity index (χ1) is 18.3. The van der Waals surface area contributed by atoms with Crippen molar-refractivity contribution in [1.29, 1.82) is 5.26 Å². The molecule has 0 saturated carbocycles. The first kappa shape index (κ1) is 24.7. The number of carbonyl (C=O) groups excluding carboxylic acids is 1. The van der Waals surface area contributed by atoms with Crippen LogP contribution in [0.3, 0.4) is 0 Å². The standard InChI is InChI=1S/C31H26N2O5/c1-5-12-35-21-8-6-20(7-9-21)28-23-11-10-22(15-25(23)38-30(33)24(28)16-32)36-31(34)29-19(4)27-18(3)13-17(2)14-26(27)37-29/h5-11,13-15,28H,1,12,33H2,2-4H3. The zero-order valence-electron chi connectivity index (χ0n) is 21.3. The summed E-state index contributed by atoms with van der Waals surface area (Å²) in [6.45, 7) is 9.85. The maximum absolute atomic E-state index is 13.1. The molecule has 4 aromatic rings. The van der Waals surface area contributed by atoms with Crippen LogP contribution in [0.25, 0.3) is 11.0 Å². The van der Waals surface area contributed by atoms with E-state index in [0.717, 1.165) is 33.2 Å². The normalized spacial score (nSPS) is 14.4. The van der Waals surface area contributed by atoms with Gasteiger partial charge in [-0.25, -0.2) is 4.79 Å². The molecule has 1 aliphatic rings. The Kier molecular flexibility index (Phi) is 6.39. The van der Waals surface area contributed by atoms with E-state index in [4.69, 9.17) is 24.4 Å². The molecule has 7 nitrogen and oxygen atoms in total. The van der Waals surface area contributed by atoms with Crippen molar-refractivity contribution in [3.05, 3.63) is 112 Å². The summed E-state index contributed by atoms with van der Waals surface area (Å²) in [4.78, 5) is 13.1. The molecule has 7 heteroatoms. The van der Waals surface area contributed by atoms with E-state index in [9.17, 15) is 10.1 Å². The number of hydrogen-bond donors (Lipinski definition) is 1. The van der Waals surface area contributed by atoms with E-state index >= 15 is 0 Å². The van der Waals surface area contributed by atoms with Gasteiger partial charge in [0.15, 0.2) is 0 Å². The predicted octanol–water partition coefficient (Wildman–Crippen LogP) is 6.36. The zero-order valence-corrected chi connectivity index (χ0v) is 21.3. The minimum Gasteiger partial charge on any atom is -0.490 e. The van der Waals surface area contributed by atoms with Crippen LogP contribution < -0.4 is 19.9 Å². The number of ether oxygens (including phenoxy) is 3. The lowest BCUT2D eigenvalue weighted by atomic mass is 9.83. The van der Waals surface area contributed by atoms with Gasteiger partial charge >= 0.3 is 5.97 Å². The Morgan fingerprint density at radius 1 is 1.11 bits per heavy atom. The molecule has 1 aromatic heterocycles. The van der Waals surface area contributed by atoms with Gasteiger partial charge in [0.2, 0.25) is 11.6 Å². The number of esters is 1. The summed E-state index contributed by atoms with van der Waals surface area (Å²) in [5, 5.41) is 10.7. The highest BCUT2D eigenvalue weighted by Gasteiger charge is 2.31. The number of fused-ring (bicyclic) bond motifs is 2. The van der Waals surface area contributed by atoms with Gasteiger partial charge in [-0.15, -0.1) is 0 Å². The summed E-state index contributed by atoms with van der Waals surface area (Å²) in [5.74, 6) is 0.433. The molecule has 2 N–H and O–H groups in total. The Morgan fingerprint density at radius 2 is 1.84 bits per heavy atom. The van der Waals surface area contributed by atoms with Crippen LogP contribution in [0.15, 0.2) is 83.1 Å². The molecule has 1 aliphatic heterocycles. The topological polar surface area (TPSA) is 108 Å². The van der Waals surface area contributed by atoms with E-state index in [1.807, 2.05) is 57.2 Å². The fraction of sp³-hybridized carbons (Fsp3) is 0.161. The Morgan fingerprint density at radius 3 is 2.55 bits per heavy atom. The highest BCUT2D eigenvalue weighted by Crippen LogP contribution is 2.44. The van der Waals surface area contributed by atoms with Crippen LogP contribution in [0.1, 0.15) is 44.3 Å². The molecular formula is C31H26N2O5. The molecule has 2 heterocycles. The third kappa shape index (κ3) is 4.37. The summed E-state index contributed by atoms with van der Waals surface area (Å²) < 4.78 is 22.9. The molecule has 0 radical (unpaired) electrons. The lowest BCUT2D eigenvalue weighted by Gasteiger charge is -2.26. The second kappa shape index (κ2) is 9.83. The highest BCUT2D eigenvalue weighted by molar-refractivity contribution is 5.98. The van der Waals surface area contributed by atoms with Crippen LogP contribution in [0.4, 0.5) is 0 Å². The number of rotatable bonds is 6. The number of nitrogens with zero attached hydrogens (tertiary/aromatic N) is 1. The summed E-state index contributed by atoms with van der Waals surface area (Å²) >= 11 is 0. The minimum atomic E-state index is -0.612. The molecule has 0 aliphatic carbocycles. The summed E-state index contributed by atoms with van der Waals surface area (Å²) in [5.41, 5.74) is 11.4. The van der Waals surface area contributed by atoms with Gasteiger partial charge in [0.25, 0.3) is 0 Å². The molecule has 5 rings (SSSR count). The van der Waals surface area contributed by atoms with Gasteiger partial charge < -0.3 is 24.4 Å². The van der Waals surface area contributed by atoms with Crippen LogP contribution in [-0.4, -0.2) is 12.6 Å². The second-order valence-corrected chi connectivity index (χ2v) is 9.19. The fourth-order valence-corrected chi connectivity index (χ4v) is 4.89. The summed E-state index contributed by atoms with van der Waals surface area (Å²) in [7, 11) is 0. The quantitative estimate of drug-likeness (QED) is 0.184. The van der Waals surface area contributed by atoms with Crippen molar-refractivity contribution < 1.29 is 23.4 Å². The Balaban J connectivity index is 1.46. The van der Waals surface area contributed by atoms with E-state index in [1.54, 1.807) is 24.3 Å². The van der Waals surface area contributed by atoms with E-state index in [0.29, 0.717) is 29.3 Å². The molecule has 0 fully saturated rings. The van der Waals surface area contributed by atoms with Gasteiger partial charge in [-0.1, -0.05) is 36.9 Å². The first-order valence-electron chi connectivity index (χ1n) is 12.1. The number of nitriles is 1. The lowest BCUT2D eigenvalue weighted by molar-refractivity contribution is 0.0702. The Hall–Kier alpha value is -4.96. The number of furan rings is 1. The molecule has 1 unspecified atom stereocenters. The van der Waals surface area contributed by atoms with Crippen LogP contribution in [0, 0.1) is 32.1 Å². The van der Waals surface area contributed by atoms with Crippen LogP contribution in [0.2, 0.25) is 0 Å². The largest absolute Gasteiger partial charge is 0.490 e. The molecule has 190 valence electrons. The molecule has 0 saturated heterocycles. The molecule has 0 bridgehead atoms. The van der Waals surface area contributed by atoms with Crippen molar-refractivity contribution in [2.75, 3.05) is 6.61 Å². The summed E-state index contributed by atoms with van der Waals surface area (Å²) in [6.07, 6.45) is 1.67. The van der Waals surface area contributed by atoms with Gasteiger partial charge in [-0.05, 0) is 61.7 Å². The maximum Gasteiger partial charge on any atom is 0.379 e. The molecule has 38 heavy (non-hydrogen) atoms. The molecule has 3 aromatic carbocycles. The minimum absolute atomic E-state index is 0.000524. The van der Waals surface area contributed by atoms with Crippen molar-refractivity contribution in [3.8, 4) is 23.3 Å². The highest BCUT2D eigenvalue weighted by atomic mass is 16.5. The number of aryl methyl sites for hydroxylation is 3. The number of benzene rings is 3. The number of hydrogen-bond acceptors (Lipinski definition) is 7. The Labute approximate surface area is 220 Å². The van der Waals surface area contributed by atoms with E-state index < -0.39 is 11.9 Å². The van der Waals surface area contributed by atoms with Gasteiger partial charge in [0, 0.05) is 22.6 Å². The van der Waals surface area contributed by atoms with Crippen molar-refractivity contribution in [2.24, 2.45) is 5.73 Å². The summed E-state index contributed by atoms with van der Waals surface area (Å²) in [6, 6.07) is 18.6. The average Bonchev–Trinajstić information content (AvgIpc) is 3.23. The molecule has 1 atom stereocenters. The molecular weight excluding hydrogens is 480 g/mol. The van der Waals surface area contributed by atoms with Gasteiger partial charge in [0.1, 0.15) is 41.1 Å². The Bertz CT molecular complexity index is 1650. The van der Waals surface area contributed by atoms with E-state index in [-0.39, 0.29) is 17.4 Å². The third-order valence-electron chi connectivity index (χ3n) is 6.54. The van der Waals surface area contributed by atoms with Crippen LogP contribution in [-0.2, 0) is 0 Å². The van der Waals surface area contributed by atoms with Gasteiger partial charge in [-0.3, -0.25) is 0 Å². The average molecular weight is 507 g/mol. The van der Waals surface area contributed by atoms with Crippen molar-refractivity contribution >= 4 is 16.9 Å². The third-order valence-corrected chi connectivity index (χ3v) is 6.54. The second-order valence-electron chi connectivity index (χ2n) is 9.19. The van der Waals surface area contributed by atoms with Gasteiger partial charge in [0.05, 0.1) is 5.92 Å². The number of nitrogens with two attached hydrogens (primary N) is 1.